The largest absolute Gasteiger partial charge is 0.392 e. The summed E-state index contributed by atoms with van der Waals surface area (Å²) in [6.07, 6.45) is 0.969. The predicted molar refractivity (Wildman–Crippen MR) is 83.0 cm³/mol. The maximum Gasteiger partial charge on any atom is 0.138 e. The van der Waals surface area contributed by atoms with Crippen LogP contribution in [0.25, 0.3) is 0 Å². The number of rotatable bonds is 4. The second-order valence-electron chi connectivity index (χ2n) is 4.51. The van der Waals surface area contributed by atoms with Gasteiger partial charge in [0.2, 0.25) is 0 Å². The number of benzene rings is 1. The first-order chi connectivity index (χ1) is 9.02. The van der Waals surface area contributed by atoms with Crippen LogP contribution in [0.15, 0.2) is 30.3 Å². The molecular weight excluding hydrogens is 236 g/mol. The summed E-state index contributed by atoms with van der Waals surface area (Å²) in [5.74, 6) is 0.849. The smallest absolute Gasteiger partial charge is 0.138 e. The summed E-state index contributed by atoms with van der Waals surface area (Å²) in [6, 6.07) is 9.52. The van der Waals surface area contributed by atoms with Crippen molar-refractivity contribution in [2.75, 3.05) is 0 Å². The molecule has 0 spiro atoms. The highest BCUT2D eigenvalue weighted by Gasteiger charge is 2.13. The fourth-order valence-corrected chi connectivity index (χ4v) is 1.35. The quantitative estimate of drug-likeness (QED) is 0.873. The molecule has 110 valence electrons. The van der Waals surface area contributed by atoms with Gasteiger partial charge in [0.1, 0.15) is 5.78 Å². The normalized spacial score (nSPS) is 10.7. The number of hydrogen-bond donors (Lipinski definition) is 1. The Morgan fingerprint density at radius 1 is 1.11 bits per heavy atom. The minimum atomic E-state index is 0.140. The number of carbonyl (C=O) groups excluding carboxylic acids is 1. The maximum atomic E-state index is 11.1. The van der Waals surface area contributed by atoms with Crippen LogP contribution >= 0.6 is 0 Å². The van der Waals surface area contributed by atoms with Gasteiger partial charge in [-0.1, -0.05) is 71.9 Å². The molecule has 1 atom stereocenters. The highest BCUT2D eigenvalue weighted by molar-refractivity contribution is 5.82. The van der Waals surface area contributed by atoms with E-state index in [0.29, 0.717) is 5.78 Å². The molecule has 0 saturated heterocycles. The first-order valence-corrected chi connectivity index (χ1v) is 7.21. The zero-order chi connectivity index (χ0) is 15.3. The molecule has 1 N–H and O–H groups in total. The number of aliphatic hydroxyl groups is 1. The van der Waals surface area contributed by atoms with Crippen LogP contribution in [0, 0.1) is 11.8 Å². The highest BCUT2D eigenvalue weighted by atomic mass is 16.3. The van der Waals surface area contributed by atoms with Crippen molar-refractivity contribution in [3.05, 3.63) is 35.9 Å². The number of ketones is 1. The Kier molecular flexibility index (Phi) is 14.1. The third-order valence-electron chi connectivity index (χ3n) is 2.69. The summed E-state index contributed by atoms with van der Waals surface area (Å²) in [4.78, 5) is 11.1. The first-order valence-electron chi connectivity index (χ1n) is 7.21. The van der Waals surface area contributed by atoms with Crippen LogP contribution < -0.4 is 0 Å². The fourth-order valence-electron chi connectivity index (χ4n) is 1.35. The summed E-state index contributed by atoms with van der Waals surface area (Å²) in [7, 11) is 0. The average Bonchev–Trinajstić information content (AvgIpc) is 2.49. The average molecular weight is 266 g/mol. The second kappa shape index (κ2) is 13.3. The van der Waals surface area contributed by atoms with Crippen molar-refractivity contribution in [3.8, 4) is 0 Å². The molecule has 19 heavy (non-hydrogen) atoms. The van der Waals surface area contributed by atoms with E-state index in [-0.39, 0.29) is 18.4 Å². The highest BCUT2D eigenvalue weighted by Crippen LogP contribution is 2.08. The van der Waals surface area contributed by atoms with Crippen molar-refractivity contribution < 1.29 is 9.90 Å². The lowest BCUT2D eigenvalue weighted by molar-refractivity contribution is -0.125. The van der Waals surface area contributed by atoms with Crippen molar-refractivity contribution in [2.45, 2.75) is 54.6 Å². The number of Topliss-reactive ketones (excluding diaryl/α,β-unsaturated/α-hetero) is 1. The van der Waals surface area contributed by atoms with Gasteiger partial charge < -0.3 is 5.11 Å². The minimum Gasteiger partial charge on any atom is -0.392 e. The Hall–Kier alpha value is -1.15. The molecule has 0 aliphatic heterocycles. The van der Waals surface area contributed by atoms with Gasteiger partial charge >= 0.3 is 0 Å². The van der Waals surface area contributed by atoms with E-state index >= 15 is 0 Å². The number of aliphatic hydroxyl groups excluding tert-OH is 1. The zero-order valence-electron chi connectivity index (χ0n) is 13.3. The molecule has 1 unspecified atom stereocenters. The van der Waals surface area contributed by atoms with Gasteiger partial charge in [0, 0.05) is 11.8 Å². The van der Waals surface area contributed by atoms with Crippen molar-refractivity contribution in [1.82, 2.24) is 0 Å². The van der Waals surface area contributed by atoms with Crippen LogP contribution in [0.3, 0.4) is 0 Å². The van der Waals surface area contributed by atoms with Gasteiger partial charge in [0.05, 0.1) is 6.61 Å². The van der Waals surface area contributed by atoms with E-state index in [1.54, 1.807) is 0 Å². The molecule has 0 heterocycles. The van der Waals surface area contributed by atoms with Crippen molar-refractivity contribution in [2.24, 2.45) is 11.8 Å². The zero-order valence-corrected chi connectivity index (χ0v) is 13.3. The fraction of sp³-hybridized carbons (Fsp3) is 0.588. The molecule has 0 aromatic heterocycles. The lowest BCUT2D eigenvalue weighted by Gasteiger charge is -2.08. The summed E-state index contributed by atoms with van der Waals surface area (Å²) >= 11 is 0. The molecule has 0 bridgehead atoms. The first kappa shape index (κ1) is 20.2. The molecule has 2 heteroatoms. The lowest BCUT2D eigenvalue weighted by Crippen LogP contribution is -2.15. The van der Waals surface area contributed by atoms with Gasteiger partial charge in [0.15, 0.2) is 0 Å². The Balaban J connectivity index is 0. The molecule has 0 amide bonds. The maximum absolute atomic E-state index is 11.1. The molecule has 1 aromatic rings. The van der Waals surface area contributed by atoms with E-state index in [0.717, 1.165) is 12.0 Å². The van der Waals surface area contributed by atoms with Gasteiger partial charge in [-0.2, -0.15) is 0 Å². The monoisotopic (exact) mass is 266 g/mol. The Labute approximate surface area is 118 Å². The third-order valence-corrected chi connectivity index (χ3v) is 2.69. The van der Waals surface area contributed by atoms with Crippen molar-refractivity contribution in [3.63, 3.8) is 0 Å². The standard InChI is InChI=1S/C8H16O.C7H8O.C2H6/c1-5-7(4)8(9)6(2)3;8-6-7-4-2-1-3-5-7;1-2/h6-7H,5H2,1-4H3;1-5,8H,6H2;1-2H3. The summed E-state index contributed by atoms with van der Waals surface area (Å²) in [5, 5.41) is 8.54. The van der Waals surface area contributed by atoms with Crippen LogP contribution in [0.4, 0.5) is 0 Å². The second-order valence-corrected chi connectivity index (χ2v) is 4.51. The van der Waals surface area contributed by atoms with Gasteiger partial charge in [-0.25, -0.2) is 0 Å². The van der Waals surface area contributed by atoms with Crippen molar-refractivity contribution in [1.29, 1.82) is 0 Å². The molecule has 0 aliphatic carbocycles. The summed E-state index contributed by atoms with van der Waals surface area (Å²) in [5.41, 5.74) is 0.965. The Morgan fingerprint density at radius 3 is 1.79 bits per heavy atom. The van der Waals surface area contributed by atoms with Crippen LogP contribution in [0.1, 0.15) is 53.5 Å². The molecule has 0 aliphatic rings. The van der Waals surface area contributed by atoms with E-state index < -0.39 is 0 Å². The molecule has 1 aromatic carbocycles. The molecule has 0 saturated carbocycles. The van der Waals surface area contributed by atoms with E-state index in [9.17, 15) is 4.79 Å². The van der Waals surface area contributed by atoms with Crippen LogP contribution in [0.2, 0.25) is 0 Å². The lowest BCUT2D eigenvalue weighted by atomic mass is 9.95. The van der Waals surface area contributed by atoms with E-state index in [1.165, 1.54) is 0 Å². The Morgan fingerprint density at radius 2 is 1.58 bits per heavy atom. The molecule has 1 rings (SSSR count). The summed E-state index contributed by atoms with van der Waals surface area (Å²) < 4.78 is 0. The van der Waals surface area contributed by atoms with Crippen LogP contribution in [0.5, 0.6) is 0 Å². The SMILES string of the molecule is CC.CCC(C)C(=O)C(C)C.OCc1ccccc1. The van der Waals surface area contributed by atoms with Crippen LogP contribution in [-0.4, -0.2) is 10.9 Å². The van der Waals surface area contributed by atoms with Gasteiger partial charge in [0.25, 0.3) is 0 Å². The number of hydrogen-bond acceptors (Lipinski definition) is 2. The third kappa shape index (κ3) is 10.5. The molecular formula is C17H30O2. The van der Waals surface area contributed by atoms with Gasteiger partial charge in [-0.05, 0) is 12.0 Å². The minimum absolute atomic E-state index is 0.140. The number of carbonyl (C=O) groups is 1. The summed E-state index contributed by atoms with van der Waals surface area (Å²) in [6.45, 7) is 12.1. The Bertz CT molecular complexity index is 304. The van der Waals surface area contributed by atoms with E-state index in [2.05, 4.69) is 0 Å². The van der Waals surface area contributed by atoms with Gasteiger partial charge in [-0.15, -0.1) is 0 Å². The predicted octanol–water partition coefficient (Wildman–Crippen LogP) is 4.46. The van der Waals surface area contributed by atoms with E-state index in [4.69, 9.17) is 5.11 Å². The molecule has 2 nitrogen and oxygen atoms in total. The topological polar surface area (TPSA) is 37.3 Å². The van der Waals surface area contributed by atoms with Gasteiger partial charge in [-0.3, -0.25) is 4.79 Å². The molecule has 0 fully saturated rings. The van der Waals surface area contributed by atoms with E-state index in [1.807, 2.05) is 71.9 Å². The van der Waals surface area contributed by atoms with Crippen LogP contribution in [-0.2, 0) is 11.4 Å². The van der Waals surface area contributed by atoms with Crippen molar-refractivity contribution >= 4 is 5.78 Å². The molecule has 0 radical (unpaired) electrons.